The highest BCUT2D eigenvalue weighted by Gasteiger charge is 2.40. The summed E-state index contributed by atoms with van der Waals surface area (Å²) in [4.78, 5) is 40.2. The zero-order chi connectivity index (χ0) is 18.4. The maximum absolute atomic E-state index is 12.8. The predicted molar refractivity (Wildman–Crippen MR) is 94.0 cm³/mol. The minimum atomic E-state index is -1.19. The van der Waals surface area contributed by atoms with E-state index < -0.39 is 5.41 Å². The monoisotopic (exact) mass is 347 g/mol. The summed E-state index contributed by atoms with van der Waals surface area (Å²) in [6.07, 6.45) is -0.365. The summed E-state index contributed by atoms with van der Waals surface area (Å²) in [7, 11) is 0. The van der Waals surface area contributed by atoms with Crippen LogP contribution in [-0.4, -0.2) is 60.5 Å². The Balaban J connectivity index is 1.95. The number of carbonyl (C=O) groups is 3. The number of carbonyl (C=O) groups excluding carboxylic acids is 3. The highest BCUT2D eigenvalue weighted by atomic mass is 16.6. The van der Waals surface area contributed by atoms with Crippen molar-refractivity contribution in [3.8, 4) is 0 Å². The van der Waals surface area contributed by atoms with Gasteiger partial charge in [0.05, 0.1) is 6.61 Å². The van der Waals surface area contributed by atoms with E-state index in [9.17, 15) is 14.4 Å². The molecule has 0 saturated carbocycles. The summed E-state index contributed by atoms with van der Waals surface area (Å²) < 4.78 is 4.97. The molecular formula is C18H25N3O4. The van der Waals surface area contributed by atoms with Gasteiger partial charge < -0.3 is 19.9 Å². The van der Waals surface area contributed by atoms with Gasteiger partial charge in [-0.2, -0.15) is 0 Å². The van der Waals surface area contributed by atoms with E-state index in [2.05, 4.69) is 5.32 Å². The van der Waals surface area contributed by atoms with Crippen LogP contribution in [0.3, 0.4) is 0 Å². The molecule has 25 heavy (non-hydrogen) atoms. The zero-order valence-electron chi connectivity index (χ0n) is 14.9. The lowest BCUT2D eigenvalue weighted by Crippen LogP contribution is -2.55. The van der Waals surface area contributed by atoms with Crippen molar-refractivity contribution in [3.63, 3.8) is 0 Å². The Hall–Kier alpha value is -2.57. The van der Waals surface area contributed by atoms with Crippen LogP contribution in [0, 0.1) is 5.41 Å². The Kier molecular flexibility index (Phi) is 6.01. The molecule has 7 heteroatoms. The van der Waals surface area contributed by atoms with E-state index in [4.69, 9.17) is 4.74 Å². The number of rotatable bonds is 4. The second kappa shape index (κ2) is 8.00. The third-order valence-electron chi connectivity index (χ3n) is 4.23. The number of amides is 3. The molecule has 1 saturated heterocycles. The largest absolute Gasteiger partial charge is 0.450 e. The number of para-hydroxylation sites is 1. The molecule has 0 atom stereocenters. The van der Waals surface area contributed by atoms with Crippen molar-refractivity contribution in [2.24, 2.45) is 5.41 Å². The Morgan fingerprint density at radius 3 is 2.16 bits per heavy atom. The highest BCUT2D eigenvalue weighted by Crippen LogP contribution is 2.23. The molecule has 1 aliphatic heterocycles. The van der Waals surface area contributed by atoms with Crippen molar-refractivity contribution < 1.29 is 19.1 Å². The van der Waals surface area contributed by atoms with Crippen LogP contribution in [0.1, 0.15) is 20.8 Å². The summed E-state index contributed by atoms with van der Waals surface area (Å²) in [5.41, 5.74) is -0.539. The normalized spacial score (nSPS) is 14.8. The van der Waals surface area contributed by atoms with E-state index in [0.717, 1.165) is 0 Å². The molecule has 2 rings (SSSR count). The molecule has 0 aliphatic carbocycles. The molecule has 1 heterocycles. The van der Waals surface area contributed by atoms with Crippen LogP contribution >= 0.6 is 0 Å². The van der Waals surface area contributed by atoms with Crippen molar-refractivity contribution in [2.75, 3.05) is 38.1 Å². The Morgan fingerprint density at radius 1 is 1.04 bits per heavy atom. The topological polar surface area (TPSA) is 79.0 Å². The van der Waals surface area contributed by atoms with Gasteiger partial charge in [-0.25, -0.2) is 4.79 Å². The summed E-state index contributed by atoms with van der Waals surface area (Å²) in [6, 6.07) is 9.04. The molecule has 1 fully saturated rings. The van der Waals surface area contributed by atoms with Gasteiger partial charge >= 0.3 is 6.09 Å². The fourth-order valence-electron chi connectivity index (χ4n) is 2.61. The zero-order valence-corrected chi connectivity index (χ0v) is 14.9. The lowest BCUT2D eigenvalue weighted by molar-refractivity contribution is -0.147. The van der Waals surface area contributed by atoms with Gasteiger partial charge in [-0.1, -0.05) is 18.2 Å². The Labute approximate surface area is 147 Å². The standard InChI is InChI=1S/C18H25N3O4/c1-4-25-17(24)21-12-10-20(11-13-21)16(23)18(2,3)15(22)19-14-8-6-5-7-9-14/h5-9H,4,10-13H2,1-3H3,(H,19,22). The predicted octanol–water partition coefficient (Wildman–Crippen LogP) is 1.95. The molecule has 0 radical (unpaired) electrons. The molecular weight excluding hydrogens is 322 g/mol. The summed E-state index contributed by atoms with van der Waals surface area (Å²) >= 11 is 0. The summed E-state index contributed by atoms with van der Waals surface area (Å²) in [5, 5.41) is 2.77. The molecule has 0 unspecified atom stereocenters. The van der Waals surface area contributed by atoms with Crippen molar-refractivity contribution in [1.29, 1.82) is 0 Å². The van der Waals surface area contributed by atoms with Crippen LogP contribution in [0.2, 0.25) is 0 Å². The van der Waals surface area contributed by atoms with E-state index in [0.29, 0.717) is 38.5 Å². The van der Waals surface area contributed by atoms with Gasteiger partial charge in [-0.05, 0) is 32.9 Å². The van der Waals surface area contributed by atoms with E-state index >= 15 is 0 Å². The molecule has 0 bridgehead atoms. The number of hydrogen-bond acceptors (Lipinski definition) is 4. The molecule has 3 amide bonds. The third kappa shape index (κ3) is 4.49. The Morgan fingerprint density at radius 2 is 1.60 bits per heavy atom. The first-order chi connectivity index (χ1) is 11.9. The van der Waals surface area contributed by atoms with Crippen LogP contribution in [0.15, 0.2) is 30.3 Å². The van der Waals surface area contributed by atoms with E-state index in [1.54, 1.807) is 42.7 Å². The quantitative estimate of drug-likeness (QED) is 0.845. The van der Waals surface area contributed by atoms with E-state index in [1.165, 1.54) is 0 Å². The number of nitrogens with zero attached hydrogens (tertiary/aromatic N) is 2. The molecule has 1 N–H and O–H groups in total. The van der Waals surface area contributed by atoms with Crippen molar-refractivity contribution in [1.82, 2.24) is 9.80 Å². The van der Waals surface area contributed by atoms with Crippen molar-refractivity contribution >= 4 is 23.6 Å². The third-order valence-corrected chi connectivity index (χ3v) is 4.23. The smallest absolute Gasteiger partial charge is 0.409 e. The molecule has 1 aliphatic rings. The number of benzene rings is 1. The van der Waals surface area contributed by atoms with Gasteiger partial charge in [-0.3, -0.25) is 9.59 Å². The SMILES string of the molecule is CCOC(=O)N1CCN(C(=O)C(C)(C)C(=O)Nc2ccccc2)CC1. The molecule has 1 aromatic carbocycles. The number of nitrogens with one attached hydrogen (secondary N) is 1. The number of ether oxygens (including phenoxy) is 1. The van der Waals surface area contributed by atoms with Crippen LogP contribution < -0.4 is 5.32 Å². The van der Waals surface area contributed by atoms with Crippen molar-refractivity contribution in [3.05, 3.63) is 30.3 Å². The van der Waals surface area contributed by atoms with Gasteiger partial charge in [0.15, 0.2) is 0 Å². The average molecular weight is 347 g/mol. The maximum Gasteiger partial charge on any atom is 0.409 e. The van der Waals surface area contributed by atoms with Gasteiger partial charge in [0.2, 0.25) is 11.8 Å². The molecule has 1 aromatic rings. The van der Waals surface area contributed by atoms with Gasteiger partial charge in [-0.15, -0.1) is 0 Å². The van der Waals surface area contributed by atoms with Crippen LogP contribution in [0.5, 0.6) is 0 Å². The summed E-state index contributed by atoms with van der Waals surface area (Å²) in [6.45, 7) is 6.90. The van der Waals surface area contributed by atoms with Crippen LogP contribution in [0.25, 0.3) is 0 Å². The number of hydrogen-bond donors (Lipinski definition) is 1. The molecule has 136 valence electrons. The Bertz CT molecular complexity index is 622. The number of piperazine rings is 1. The van der Waals surface area contributed by atoms with Crippen LogP contribution in [0.4, 0.5) is 10.5 Å². The molecule has 0 aromatic heterocycles. The van der Waals surface area contributed by atoms with Crippen molar-refractivity contribution in [2.45, 2.75) is 20.8 Å². The second-order valence-corrected chi connectivity index (χ2v) is 6.42. The summed E-state index contributed by atoms with van der Waals surface area (Å²) in [5.74, 6) is -0.596. The minimum Gasteiger partial charge on any atom is -0.450 e. The van der Waals surface area contributed by atoms with E-state index in [-0.39, 0.29) is 17.9 Å². The van der Waals surface area contributed by atoms with Crippen LogP contribution in [-0.2, 0) is 14.3 Å². The minimum absolute atomic E-state index is 0.246. The molecule has 7 nitrogen and oxygen atoms in total. The average Bonchev–Trinajstić information content (AvgIpc) is 2.62. The van der Waals surface area contributed by atoms with E-state index in [1.807, 2.05) is 18.2 Å². The van der Waals surface area contributed by atoms with Gasteiger partial charge in [0.1, 0.15) is 5.41 Å². The second-order valence-electron chi connectivity index (χ2n) is 6.42. The fourth-order valence-corrected chi connectivity index (χ4v) is 2.61. The number of anilines is 1. The lowest BCUT2D eigenvalue weighted by Gasteiger charge is -2.37. The van der Waals surface area contributed by atoms with Gasteiger partial charge in [0, 0.05) is 31.9 Å². The fraction of sp³-hybridized carbons (Fsp3) is 0.500. The maximum atomic E-state index is 12.8. The first-order valence-electron chi connectivity index (χ1n) is 8.44. The first-order valence-corrected chi connectivity index (χ1v) is 8.44. The highest BCUT2D eigenvalue weighted by molar-refractivity contribution is 6.09. The lowest BCUT2D eigenvalue weighted by atomic mass is 9.89. The molecule has 0 spiro atoms. The first kappa shape index (κ1) is 18.8. The van der Waals surface area contributed by atoms with Gasteiger partial charge in [0.25, 0.3) is 0 Å².